The van der Waals surface area contributed by atoms with Crippen LogP contribution in [0.15, 0.2) is 0 Å². The molecule has 1 saturated carbocycles. The van der Waals surface area contributed by atoms with Gasteiger partial charge in [-0.25, -0.2) is 0 Å². The SMILES string of the molecule is CCOC(CC)C(=O)CC1CCC1. The first-order valence-corrected chi connectivity index (χ1v) is 5.42. The summed E-state index contributed by atoms with van der Waals surface area (Å²) in [4.78, 5) is 11.6. The molecule has 0 N–H and O–H groups in total. The molecule has 0 spiro atoms. The van der Waals surface area contributed by atoms with Crippen molar-refractivity contribution in [2.45, 2.75) is 52.1 Å². The summed E-state index contributed by atoms with van der Waals surface area (Å²) >= 11 is 0. The minimum atomic E-state index is -0.134. The second-order valence-electron chi connectivity index (χ2n) is 3.82. The summed E-state index contributed by atoms with van der Waals surface area (Å²) in [5.74, 6) is 0.982. The molecule has 0 bridgehead atoms. The van der Waals surface area contributed by atoms with Gasteiger partial charge in [-0.1, -0.05) is 26.2 Å². The van der Waals surface area contributed by atoms with Gasteiger partial charge in [0.25, 0.3) is 0 Å². The molecule has 1 aliphatic rings. The van der Waals surface area contributed by atoms with Crippen molar-refractivity contribution in [2.75, 3.05) is 6.61 Å². The Morgan fingerprint density at radius 1 is 1.46 bits per heavy atom. The maximum atomic E-state index is 11.6. The normalized spacial score (nSPS) is 19.5. The lowest BCUT2D eigenvalue weighted by molar-refractivity contribution is -0.132. The van der Waals surface area contributed by atoms with Crippen molar-refractivity contribution in [1.29, 1.82) is 0 Å². The van der Waals surface area contributed by atoms with Crippen LogP contribution in [0.4, 0.5) is 0 Å². The summed E-state index contributed by atoms with van der Waals surface area (Å²) in [5.41, 5.74) is 0. The summed E-state index contributed by atoms with van der Waals surface area (Å²) in [6, 6.07) is 0. The largest absolute Gasteiger partial charge is 0.371 e. The highest BCUT2D eigenvalue weighted by atomic mass is 16.5. The van der Waals surface area contributed by atoms with Gasteiger partial charge in [0.15, 0.2) is 5.78 Å². The zero-order valence-electron chi connectivity index (χ0n) is 8.71. The summed E-state index contributed by atoms with van der Waals surface area (Å²) in [6.07, 6.45) is 5.23. The Morgan fingerprint density at radius 2 is 2.15 bits per heavy atom. The van der Waals surface area contributed by atoms with E-state index in [0.29, 0.717) is 18.3 Å². The standard InChI is InChI=1S/C11H20O2/c1-3-11(13-4-2)10(12)8-9-6-5-7-9/h9,11H,3-8H2,1-2H3. The van der Waals surface area contributed by atoms with E-state index < -0.39 is 0 Å². The summed E-state index contributed by atoms with van der Waals surface area (Å²) in [5, 5.41) is 0. The van der Waals surface area contributed by atoms with E-state index in [1.807, 2.05) is 13.8 Å². The van der Waals surface area contributed by atoms with Gasteiger partial charge >= 0.3 is 0 Å². The zero-order chi connectivity index (χ0) is 9.68. The van der Waals surface area contributed by atoms with E-state index in [0.717, 1.165) is 12.8 Å². The van der Waals surface area contributed by atoms with Crippen LogP contribution in [0.3, 0.4) is 0 Å². The van der Waals surface area contributed by atoms with Crippen molar-refractivity contribution in [2.24, 2.45) is 5.92 Å². The van der Waals surface area contributed by atoms with Crippen LogP contribution in [0.2, 0.25) is 0 Å². The molecule has 0 aromatic heterocycles. The third kappa shape index (κ3) is 3.11. The number of ether oxygens (including phenoxy) is 1. The van der Waals surface area contributed by atoms with E-state index in [4.69, 9.17) is 4.74 Å². The monoisotopic (exact) mass is 184 g/mol. The van der Waals surface area contributed by atoms with Crippen LogP contribution in [0.25, 0.3) is 0 Å². The van der Waals surface area contributed by atoms with Gasteiger partial charge in [-0.3, -0.25) is 4.79 Å². The quantitative estimate of drug-likeness (QED) is 0.634. The molecule has 0 aromatic carbocycles. The first kappa shape index (κ1) is 10.7. The highest BCUT2D eigenvalue weighted by molar-refractivity contribution is 5.83. The highest BCUT2D eigenvalue weighted by Crippen LogP contribution is 2.30. The predicted molar refractivity (Wildman–Crippen MR) is 52.7 cm³/mol. The summed E-state index contributed by atoms with van der Waals surface area (Å²) in [6.45, 7) is 4.60. The van der Waals surface area contributed by atoms with E-state index in [1.165, 1.54) is 19.3 Å². The average Bonchev–Trinajstić information content (AvgIpc) is 2.07. The van der Waals surface area contributed by atoms with Gasteiger partial charge in [0, 0.05) is 13.0 Å². The minimum absolute atomic E-state index is 0.134. The Morgan fingerprint density at radius 3 is 2.54 bits per heavy atom. The van der Waals surface area contributed by atoms with Crippen molar-refractivity contribution in [3.63, 3.8) is 0 Å². The molecular weight excluding hydrogens is 164 g/mol. The van der Waals surface area contributed by atoms with Crippen molar-refractivity contribution < 1.29 is 9.53 Å². The third-order valence-electron chi connectivity index (χ3n) is 2.81. The smallest absolute Gasteiger partial charge is 0.161 e. The lowest BCUT2D eigenvalue weighted by Crippen LogP contribution is -2.27. The Balaban J connectivity index is 2.25. The van der Waals surface area contributed by atoms with Gasteiger partial charge in [-0.2, -0.15) is 0 Å². The maximum absolute atomic E-state index is 11.6. The third-order valence-corrected chi connectivity index (χ3v) is 2.81. The molecule has 76 valence electrons. The van der Waals surface area contributed by atoms with E-state index >= 15 is 0 Å². The first-order valence-electron chi connectivity index (χ1n) is 5.42. The predicted octanol–water partition coefficient (Wildman–Crippen LogP) is 2.56. The number of carbonyl (C=O) groups is 1. The lowest BCUT2D eigenvalue weighted by atomic mass is 9.81. The van der Waals surface area contributed by atoms with Gasteiger partial charge in [-0.15, -0.1) is 0 Å². The van der Waals surface area contributed by atoms with Gasteiger partial charge in [0.2, 0.25) is 0 Å². The molecule has 1 fully saturated rings. The van der Waals surface area contributed by atoms with Crippen molar-refractivity contribution >= 4 is 5.78 Å². The van der Waals surface area contributed by atoms with Gasteiger partial charge < -0.3 is 4.74 Å². The van der Waals surface area contributed by atoms with Crippen molar-refractivity contribution in [3.8, 4) is 0 Å². The first-order chi connectivity index (χ1) is 6.27. The van der Waals surface area contributed by atoms with Crippen LogP contribution in [0.1, 0.15) is 46.0 Å². The fraction of sp³-hybridized carbons (Fsp3) is 0.909. The van der Waals surface area contributed by atoms with E-state index in [9.17, 15) is 4.79 Å². The average molecular weight is 184 g/mol. The second kappa shape index (κ2) is 5.38. The molecule has 0 aromatic rings. The molecule has 0 heterocycles. The van der Waals surface area contributed by atoms with Gasteiger partial charge in [0.05, 0.1) is 0 Å². The van der Waals surface area contributed by atoms with E-state index in [1.54, 1.807) is 0 Å². The molecule has 1 aliphatic carbocycles. The highest BCUT2D eigenvalue weighted by Gasteiger charge is 2.24. The number of ketones is 1. The molecule has 2 heteroatoms. The van der Waals surface area contributed by atoms with Gasteiger partial charge in [0.1, 0.15) is 6.10 Å². The summed E-state index contributed by atoms with van der Waals surface area (Å²) < 4.78 is 5.37. The zero-order valence-corrected chi connectivity index (χ0v) is 8.71. The van der Waals surface area contributed by atoms with Crippen LogP contribution in [-0.4, -0.2) is 18.5 Å². The second-order valence-corrected chi connectivity index (χ2v) is 3.82. The van der Waals surface area contributed by atoms with Crippen LogP contribution in [0.5, 0.6) is 0 Å². The molecule has 2 nitrogen and oxygen atoms in total. The number of rotatable bonds is 6. The van der Waals surface area contributed by atoms with Crippen LogP contribution >= 0.6 is 0 Å². The molecular formula is C11H20O2. The summed E-state index contributed by atoms with van der Waals surface area (Å²) in [7, 11) is 0. The number of hydrogen-bond donors (Lipinski definition) is 0. The topological polar surface area (TPSA) is 26.3 Å². The van der Waals surface area contributed by atoms with Crippen LogP contribution < -0.4 is 0 Å². The molecule has 1 atom stereocenters. The number of Topliss-reactive ketones (excluding diaryl/α,β-unsaturated/α-hetero) is 1. The molecule has 0 amide bonds. The molecule has 13 heavy (non-hydrogen) atoms. The Labute approximate surface area is 80.7 Å². The Hall–Kier alpha value is -0.370. The van der Waals surface area contributed by atoms with Crippen LogP contribution in [0, 0.1) is 5.92 Å². The molecule has 0 radical (unpaired) electrons. The lowest BCUT2D eigenvalue weighted by Gasteiger charge is -2.26. The van der Waals surface area contributed by atoms with Crippen molar-refractivity contribution in [3.05, 3.63) is 0 Å². The molecule has 1 rings (SSSR count). The molecule has 0 aliphatic heterocycles. The fourth-order valence-electron chi connectivity index (χ4n) is 1.75. The Kier molecular flexibility index (Phi) is 4.43. The Bertz CT molecular complexity index is 161. The van der Waals surface area contributed by atoms with Crippen molar-refractivity contribution in [1.82, 2.24) is 0 Å². The maximum Gasteiger partial charge on any atom is 0.161 e. The fourth-order valence-corrected chi connectivity index (χ4v) is 1.75. The van der Waals surface area contributed by atoms with Crippen LogP contribution in [-0.2, 0) is 9.53 Å². The number of hydrogen-bond acceptors (Lipinski definition) is 2. The minimum Gasteiger partial charge on any atom is -0.371 e. The molecule has 0 saturated heterocycles. The van der Waals surface area contributed by atoms with E-state index in [-0.39, 0.29) is 6.10 Å². The number of carbonyl (C=O) groups excluding carboxylic acids is 1. The van der Waals surface area contributed by atoms with E-state index in [2.05, 4.69) is 0 Å². The molecule has 1 unspecified atom stereocenters. The van der Waals surface area contributed by atoms with Gasteiger partial charge in [-0.05, 0) is 19.3 Å².